The lowest BCUT2D eigenvalue weighted by molar-refractivity contribution is -0.115. The second-order valence-corrected chi connectivity index (χ2v) is 4.95. The largest absolute Gasteiger partial charge is 0.497 e. The van der Waals surface area contributed by atoms with E-state index in [2.05, 4.69) is 10.6 Å². The topological polar surface area (TPSA) is 85.6 Å². The number of thiocarbonyl (C=S) groups is 1. The van der Waals surface area contributed by atoms with Gasteiger partial charge in [-0.1, -0.05) is 0 Å². The smallest absolute Gasteiger partial charge is 0.248 e. The van der Waals surface area contributed by atoms with Gasteiger partial charge in [0.2, 0.25) is 5.91 Å². The van der Waals surface area contributed by atoms with E-state index in [0.717, 1.165) is 5.56 Å². The third-order valence-corrected chi connectivity index (χ3v) is 3.50. The Balaban J connectivity index is 2.59. The van der Waals surface area contributed by atoms with Gasteiger partial charge in [0.1, 0.15) is 11.5 Å². The van der Waals surface area contributed by atoms with Gasteiger partial charge in [-0.05, 0) is 37.3 Å². The van der Waals surface area contributed by atoms with Crippen molar-refractivity contribution in [3.05, 3.63) is 35.0 Å². The fourth-order valence-corrected chi connectivity index (χ4v) is 2.59. The van der Waals surface area contributed by atoms with Gasteiger partial charge in [0.15, 0.2) is 5.11 Å². The summed E-state index contributed by atoms with van der Waals surface area (Å²) in [5.41, 5.74) is 7.27. The molecule has 0 aliphatic carbocycles. The van der Waals surface area contributed by atoms with Crippen molar-refractivity contribution in [2.24, 2.45) is 5.73 Å². The first kappa shape index (κ1) is 15.1. The van der Waals surface area contributed by atoms with Crippen molar-refractivity contribution in [2.75, 3.05) is 14.2 Å². The maximum absolute atomic E-state index is 11.8. The summed E-state index contributed by atoms with van der Waals surface area (Å²) in [5, 5.41) is 6.37. The van der Waals surface area contributed by atoms with Gasteiger partial charge < -0.3 is 25.8 Å². The highest BCUT2D eigenvalue weighted by Gasteiger charge is 2.30. The van der Waals surface area contributed by atoms with Crippen LogP contribution in [0.3, 0.4) is 0 Å². The number of hydrogen-bond donors (Lipinski definition) is 3. The number of hydrogen-bond acceptors (Lipinski definition) is 4. The van der Waals surface area contributed by atoms with E-state index in [0.29, 0.717) is 27.9 Å². The maximum Gasteiger partial charge on any atom is 0.248 e. The highest BCUT2D eigenvalue weighted by Crippen LogP contribution is 2.35. The molecule has 112 valence electrons. The molecule has 1 aliphatic heterocycles. The van der Waals surface area contributed by atoms with Gasteiger partial charge in [0.25, 0.3) is 0 Å². The van der Waals surface area contributed by atoms with Crippen LogP contribution in [0.5, 0.6) is 11.5 Å². The molecule has 1 amide bonds. The molecule has 6 nitrogen and oxygen atoms in total. The number of carbonyl (C=O) groups is 1. The molecule has 0 spiro atoms. The van der Waals surface area contributed by atoms with Crippen molar-refractivity contribution in [2.45, 2.75) is 13.0 Å². The van der Waals surface area contributed by atoms with E-state index in [4.69, 9.17) is 27.4 Å². The van der Waals surface area contributed by atoms with Crippen LogP contribution in [-0.4, -0.2) is 25.2 Å². The van der Waals surface area contributed by atoms with Gasteiger partial charge >= 0.3 is 0 Å². The van der Waals surface area contributed by atoms with Crippen LogP contribution in [0.2, 0.25) is 0 Å². The molecule has 0 bridgehead atoms. The highest BCUT2D eigenvalue weighted by molar-refractivity contribution is 7.80. The first-order valence-corrected chi connectivity index (χ1v) is 6.68. The van der Waals surface area contributed by atoms with Crippen molar-refractivity contribution in [3.63, 3.8) is 0 Å². The lowest BCUT2D eigenvalue weighted by Crippen LogP contribution is -2.46. The second kappa shape index (κ2) is 6.01. The Kier molecular flexibility index (Phi) is 4.32. The van der Waals surface area contributed by atoms with Crippen molar-refractivity contribution < 1.29 is 14.3 Å². The molecule has 0 fully saturated rings. The molecule has 1 aromatic rings. The van der Waals surface area contributed by atoms with E-state index in [9.17, 15) is 4.79 Å². The Labute approximate surface area is 128 Å². The molecule has 0 aromatic heterocycles. The monoisotopic (exact) mass is 307 g/mol. The number of primary amides is 1. The number of nitrogens with two attached hydrogens (primary N) is 1. The highest BCUT2D eigenvalue weighted by atomic mass is 32.1. The number of amides is 1. The molecule has 1 atom stereocenters. The number of allylic oxidation sites excluding steroid dienone is 1. The van der Waals surface area contributed by atoms with E-state index in [1.807, 2.05) is 0 Å². The van der Waals surface area contributed by atoms with Gasteiger partial charge in [-0.25, -0.2) is 0 Å². The first-order valence-electron chi connectivity index (χ1n) is 6.28. The van der Waals surface area contributed by atoms with Crippen molar-refractivity contribution >= 4 is 23.2 Å². The van der Waals surface area contributed by atoms with Gasteiger partial charge in [0.05, 0.1) is 25.8 Å². The molecule has 21 heavy (non-hydrogen) atoms. The average molecular weight is 307 g/mol. The lowest BCUT2D eigenvalue weighted by atomic mass is 9.94. The number of benzene rings is 1. The summed E-state index contributed by atoms with van der Waals surface area (Å²) in [6, 6.07) is 4.86. The summed E-state index contributed by atoms with van der Waals surface area (Å²) in [5.74, 6) is 0.743. The molecular weight excluding hydrogens is 290 g/mol. The van der Waals surface area contributed by atoms with Crippen LogP contribution in [0.4, 0.5) is 0 Å². The maximum atomic E-state index is 11.8. The minimum atomic E-state index is -0.523. The Morgan fingerprint density at radius 3 is 2.62 bits per heavy atom. The second-order valence-electron chi connectivity index (χ2n) is 4.54. The fourth-order valence-electron chi connectivity index (χ4n) is 2.32. The van der Waals surface area contributed by atoms with Crippen LogP contribution in [0.25, 0.3) is 0 Å². The molecular formula is C14H17N3O3S. The number of carbonyl (C=O) groups excluding carboxylic acids is 1. The lowest BCUT2D eigenvalue weighted by Gasteiger charge is -2.30. The van der Waals surface area contributed by atoms with E-state index < -0.39 is 11.9 Å². The Morgan fingerprint density at radius 2 is 2.05 bits per heavy atom. The van der Waals surface area contributed by atoms with Gasteiger partial charge in [0, 0.05) is 11.3 Å². The van der Waals surface area contributed by atoms with Crippen LogP contribution < -0.4 is 25.8 Å². The number of methoxy groups -OCH3 is 2. The molecule has 1 heterocycles. The summed E-state index contributed by atoms with van der Waals surface area (Å²) in [6.45, 7) is 1.76. The summed E-state index contributed by atoms with van der Waals surface area (Å²) in [7, 11) is 3.13. The number of rotatable bonds is 4. The third-order valence-electron chi connectivity index (χ3n) is 3.28. The molecule has 1 aliphatic rings. The minimum Gasteiger partial charge on any atom is -0.497 e. The van der Waals surface area contributed by atoms with Crippen LogP contribution in [-0.2, 0) is 4.79 Å². The molecule has 0 saturated heterocycles. The van der Waals surface area contributed by atoms with Crippen molar-refractivity contribution in [1.82, 2.24) is 10.6 Å². The fraction of sp³-hybridized carbons (Fsp3) is 0.286. The third kappa shape index (κ3) is 2.92. The van der Waals surface area contributed by atoms with Crippen LogP contribution in [0.15, 0.2) is 29.5 Å². The zero-order valence-corrected chi connectivity index (χ0v) is 12.8. The molecule has 0 saturated carbocycles. The minimum absolute atomic E-state index is 0.412. The summed E-state index contributed by atoms with van der Waals surface area (Å²) < 4.78 is 10.6. The standard InChI is InChI=1S/C14H17N3O3S/c1-7-11(13(15)18)12(17-14(21)16-7)9-6-8(19-2)4-5-10(9)20-3/h4-6,12H,1-3H3,(H2,15,18)(H2,16,17,21)/t12-/m1/s1. The molecule has 0 radical (unpaired) electrons. The summed E-state index contributed by atoms with van der Waals surface area (Å²) in [4.78, 5) is 11.8. The van der Waals surface area contributed by atoms with Gasteiger partial charge in [-0.15, -0.1) is 0 Å². The zero-order chi connectivity index (χ0) is 15.6. The zero-order valence-electron chi connectivity index (χ0n) is 12.0. The molecule has 0 unspecified atom stereocenters. The van der Waals surface area contributed by atoms with Crippen LogP contribution >= 0.6 is 12.2 Å². The van der Waals surface area contributed by atoms with Crippen LogP contribution in [0, 0.1) is 0 Å². The van der Waals surface area contributed by atoms with E-state index >= 15 is 0 Å². The predicted octanol–water partition coefficient (Wildman–Crippen LogP) is 0.982. The Hall–Kier alpha value is -2.28. The van der Waals surface area contributed by atoms with Crippen molar-refractivity contribution in [1.29, 1.82) is 0 Å². The number of ether oxygens (including phenoxy) is 2. The normalized spacial score (nSPS) is 17.9. The van der Waals surface area contributed by atoms with Gasteiger partial charge in [-0.2, -0.15) is 0 Å². The van der Waals surface area contributed by atoms with E-state index in [-0.39, 0.29) is 0 Å². The van der Waals surface area contributed by atoms with Gasteiger partial charge in [-0.3, -0.25) is 4.79 Å². The average Bonchev–Trinajstić information content (AvgIpc) is 2.45. The predicted molar refractivity (Wildman–Crippen MR) is 83.1 cm³/mol. The summed E-state index contributed by atoms with van der Waals surface area (Å²) in [6.07, 6.45) is 0. The van der Waals surface area contributed by atoms with Crippen LogP contribution in [0.1, 0.15) is 18.5 Å². The Bertz CT molecular complexity index is 628. The van der Waals surface area contributed by atoms with Crippen molar-refractivity contribution in [3.8, 4) is 11.5 Å². The molecule has 2 rings (SSSR count). The Morgan fingerprint density at radius 1 is 1.33 bits per heavy atom. The first-order chi connectivity index (χ1) is 9.97. The van der Waals surface area contributed by atoms with E-state index in [1.165, 1.54) is 0 Å². The molecule has 7 heteroatoms. The van der Waals surface area contributed by atoms with E-state index in [1.54, 1.807) is 39.3 Å². The quantitative estimate of drug-likeness (QED) is 0.719. The summed E-state index contributed by atoms with van der Waals surface area (Å²) >= 11 is 5.16. The number of nitrogens with one attached hydrogen (secondary N) is 2. The molecule has 1 aromatic carbocycles. The molecule has 4 N–H and O–H groups in total. The SMILES string of the molecule is COc1ccc(OC)c([C@H]2NC(=S)NC(C)=C2C(N)=O)c1.